The Kier molecular flexibility index (Phi) is 4.17. The summed E-state index contributed by atoms with van der Waals surface area (Å²) in [6.07, 6.45) is -2.67. The number of halogens is 2. The van der Waals surface area contributed by atoms with Crippen molar-refractivity contribution in [2.75, 3.05) is 18.0 Å². The molecule has 5 nitrogen and oxygen atoms in total. The number of alkyl halides is 2. The fourth-order valence-electron chi connectivity index (χ4n) is 2.39. The summed E-state index contributed by atoms with van der Waals surface area (Å²) in [5, 5.41) is 20.5. The Balaban J connectivity index is 2.33. The Labute approximate surface area is 115 Å². The zero-order valence-electron chi connectivity index (χ0n) is 11.0. The lowest BCUT2D eigenvalue weighted by Gasteiger charge is -2.36. The molecule has 0 spiro atoms. The third-order valence-corrected chi connectivity index (χ3v) is 3.72. The lowest BCUT2D eigenvalue weighted by Crippen LogP contribution is -2.43. The molecule has 0 aromatic heterocycles. The maximum atomic E-state index is 13.1. The minimum atomic E-state index is -2.79. The molecule has 1 heterocycles. The van der Waals surface area contributed by atoms with Gasteiger partial charge in [0.2, 0.25) is 0 Å². The molecule has 1 saturated heterocycles. The number of anilines is 1. The molecule has 2 unspecified atom stereocenters. The molecule has 0 radical (unpaired) electrons. The average Bonchev–Trinajstić information content (AvgIpc) is 2.41. The van der Waals surface area contributed by atoms with Gasteiger partial charge in [-0.2, -0.15) is 0 Å². The van der Waals surface area contributed by atoms with Gasteiger partial charge in [-0.25, -0.2) is 8.78 Å². The number of non-ortho nitro benzene ring substituents is 1. The molecule has 0 aliphatic carbocycles. The maximum Gasteiger partial charge on any atom is 0.270 e. The molecule has 20 heavy (non-hydrogen) atoms. The quantitative estimate of drug-likeness (QED) is 0.685. The minimum Gasteiger partial charge on any atom is -0.391 e. The van der Waals surface area contributed by atoms with Crippen LogP contribution in [0, 0.1) is 16.0 Å². The highest BCUT2D eigenvalue weighted by Gasteiger charge is 2.28. The molecule has 0 saturated carbocycles. The summed E-state index contributed by atoms with van der Waals surface area (Å²) in [7, 11) is 0. The van der Waals surface area contributed by atoms with Crippen molar-refractivity contribution in [2.45, 2.75) is 25.9 Å². The van der Waals surface area contributed by atoms with Gasteiger partial charge in [-0.05, 0) is 18.4 Å². The van der Waals surface area contributed by atoms with Crippen molar-refractivity contribution in [2.24, 2.45) is 5.92 Å². The predicted octanol–water partition coefficient (Wildman–Crippen LogP) is 2.74. The number of hydrogen-bond acceptors (Lipinski definition) is 4. The van der Waals surface area contributed by atoms with Crippen LogP contribution in [-0.4, -0.2) is 29.2 Å². The third-order valence-electron chi connectivity index (χ3n) is 3.72. The van der Waals surface area contributed by atoms with E-state index in [2.05, 4.69) is 0 Å². The van der Waals surface area contributed by atoms with Gasteiger partial charge < -0.3 is 10.0 Å². The Morgan fingerprint density at radius 3 is 2.75 bits per heavy atom. The minimum absolute atomic E-state index is 0.124. The van der Waals surface area contributed by atoms with Gasteiger partial charge in [0.05, 0.1) is 11.0 Å². The van der Waals surface area contributed by atoms with Crippen LogP contribution in [0.1, 0.15) is 25.3 Å². The van der Waals surface area contributed by atoms with E-state index in [1.54, 1.807) is 4.90 Å². The molecule has 110 valence electrons. The number of piperidine rings is 1. The first-order valence-electron chi connectivity index (χ1n) is 6.39. The van der Waals surface area contributed by atoms with Crippen molar-refractivity contribution in [1.82, 2.24) is 0 Å². The number of aliphatic hydroxyl groups excluding tert-OH is 1. The van der Waals surface area contributed by atoms with E-state index in [1.807, 2.05) is 6.92 Å². The van der Waals surface area contributed by atoms with Gasteiger partial charge in [-0.3, -0.25) is 10.1 Å². The van der Waals surface area contributed by atoms with Gasteiger partial charge in [0.25, 0.3) is 12.1 Å². The number of benzene rings is 1. The summed E-state index contributed by atoms with van der Waals surface area (Å²) in [4.78, 5) is 11.6. The average molecular weight is 286 g/mol. The zero-order chi connectivity index (χ0) is 14.9. The van der Waals surface area contributed by atoms with E-state index in [-0.39, 0.29) is 29.4 Å². The molecule has 1 aromatic carbocycles. The van der Waals surface area contributed by atoms with Crippen molar-refractivity contribution < 1.29 is 18.8 Å². The second-order valence-electron chi connectivity index (χ2n) is 5.08. The highest BCUT2D eigenvalue weighted by molar-refractivity contribution is 5.59. The first kappa shape index (κ1) is 14.6. The standard InChI is InChI=1S/C13H16F2N2O3/c1-8-4-5-16(7-12(8)18)11-3-2-9(17(19)20)6-10(11)13(14)15/h2-3,6,8,12-13,18H,4-5,7H2,1H3. The van der Waals surface area contributed by atoms with E-state index in [4.69, 9.17) is 0 Å². The van der Waals surface area contributed by atoms with Crippen LogP contribution in [0.5, 0.6) is 0 Å². The summed E-state index contributed by atoms with van der Waals surface area (Å²) in [6, 6.07) is 3.46. The van der Waals surface area contributed by atoms with E-state index in [0.717, 1.165) is 6.07 Å². The number of nitrogens with zero attached hydrogens (tertiary/aromatic N) is 2. The van der Waals surface area contributed by atoms with Crippen molar-refractivity contribution in [1.29, 1.82) is 0 Å². The van der Waals surface area contributed by atoms with Gasteiger partial charge >= 0.3 is 0 Å². The molecule has 0 amide bonds. The molecular weight excluding hydrogens is 270 g/mol. The molecule has 1 aliphatic rings. The zero-order valence-corrected chi connectivity index (χ0v) is 11.0. The SMILES string of the molecule is CC1CCN(c2ccc([N+](=O)[O-])cc2C(F)F)CC1O. The second-order valence-corrected chi connectivity index (χ2v) is 5.08. The highest BCUT2D eigenvalue weighted by atomic mass is 19.3. The number of hydrogen-bond donors (Lipinski definition) is 1. The Bertz CT molecular complexity index is 510. The topological polar surface area (TPSA) is 66.6 Å². The monoisotopic (exact) mass is 286 g/mol. The van der Waals surface area contributed by atoms with Crippen LogP contribution in [0.25, 0.3) is 0 Å². The van der Waals surface area contributed by atoms with Crippen LogP contribution in [0.4, 0.5) is 20.2 Å². The maximum absolute atomic E-state index is 13.1. The third kappa shape index (κ3) is 2.87. The first-order chi connectivity index (χ1) is 9.40. The molecule has 2 atom stereocenters. The van der Waals surface area contributed by atoms with Gasteiger partial charge in [0, 0.05) is 36.5 Å². The summed E-state index contributed by atoms with van der Waals surface area (Å²) in [6.45, 7) is 2.72. The van der Waals surface area contributed by atoms with Crippen LogP contribution in [-0.2, 0) is 0 Å². The van der Waals surface area contributed by atoms with Crippen LogP contribution in [0.2, 0.25) is 0 Å². The second kappa shape index (κ2) is 5.70. The normalized spacial score (nSPS) is 23.1. The highest BCUT2D eigenvalue weighted by Crippen LogP contribution is 2.35. The van der Waals surface area contributed by atoms with Crippen molar-refractivity contribution in [3.8, 4) is 0 Å². The molecule has 1 aliphatic heterocycles. The smallest absolute Gasteiger partial charge is 0.270 e. The molecule has 1 N–H and O–H groups in total. The Morgan fingerprint density at radius 2 is 2.20 bits per heavy atom. The number of nitro benzene ring substituents is 1. The van der Waals surface area contributed by atoms with Crippen molar-refractivity contribution in [3.63, 3.8) is 0 Å². The van der Waals surface area contributed by atoms with Crippen LogP contribution >= 0.6 is 0 Å². The van der Waals surface area contributed by atoms with Crippen molar-refractivity contribution in [3.05, 3.63) is 33.9 Å². The van der Waals surface area contributed by atoms with Crippen LogP contribution < -0.4 is 4.90 Å². The number of aliphatic hydroxyl groups is 1. The molecule has 2 rings (SSSR count). The molecule has 1 aromatic rings. The Morgan fingerprint density at radius 1 is 1.50 bits per heavy atom. The van der Waals surface area contributed by atoms with Crippen molar-refractivity contribution >= 4 is 11.4 Å². The van der Waals surface area contributed by atoms with E-state index in [9.17, 15) is 24.0 Å². The number of nitro groups is 1. The summed E-state index contributed by atoms with van der Waals surface area (Å²) < 4.78 is 26.2. The van der Waals surface area contributed by atoms with Crippen LogP contribution in [0.3, 0.4) is 0 Å². The fraction of sp³-hybridized carbons (Fsp3) is 0.538. The van der Waals surface area contributed by atoms with E-state index in [0.29, 0.717) is 13.0 Å². The van der Waals surface area contributed by atoms with E-state index < -0.39 is 17.5 Å². The number of rotatable bonds is 3. The molecule has 0 bridgehead atoms. The Hall–Kier alpha value is -1.76. The van der Waals surface area contributed by atoms with Gasteiger partial charge in [0.15, 0.2) is 0 Å². The number of β-amino-alcohol motifs (C(OH)–C–C–N with tert-alkyl or cyclic N) is 1. The lowest BCUT2D eigenvalue weighted by molar-refractivity contribution is -0.385. The molecular formula is C13H16F2N2O3. The van der Waals surface area contributed by atoms with Gasteiger partial charge in [-0.15, -0.1) is 0 Å². The van der Waals surface area contributed by atoms with Gasteiger partial charge in [0.1, 0.15) is 0 Å². The molecule has 1 fully saturated rings. The lowest BCUT2D eigenvalue weighted by atomic mass is 9.95. The molecule has 7 heteroatoms. The first-order valence-corrected chi connectivity index (χ1v) is 6.39. The summed E-state index contributed by atoms with van der Waals surface area (Å²) in [5.41, 5.74) is -0.451. The fourth-order valence-corrected chi connectivity index (χ4v) is 2.39. The predicted molar refractivity (Wildman–Crippen MR) is 70.1 cm³/mol. The summed E-state index contributed by atoms with van der Waals surface area (Å²) in [5.74, 6) is 0.124. The summed E-state index contributed by atoms with van der Waals surface area (Å²) >= 11 is 0. The van der Waals surface area contributed by atoms with E-state index >= 15 is 0 Å². The van der Waals surface area contributed by atoms with E-state index in [1.165, 1.54) is 12.1 Å². The van der Waals surface area contributed by atoms with Gasteiger partial charge in [-0.1, -0.05) is 6.92 Å². The van der Waals surface area contributed by atoms with Crippen LogP contribution in [0.15, 0.2) is 18.2 Å². The largest absolute Gasteiger partial charge is 0.391 e.